The van der Waals surface area contributed by atoms with Gasteiger partial charge < -0.3 is 15.0 Å². The van der Waals surface area contributed by atoms with Gasteiger partial charge in [0.2, 0.25) is 11.8 Å². The third kappa shape index (κ3) is 3.26. The van der Waals surface area contributed by atoms with Crippen molar-refractivity contribution in [1.29, 1.82) is 0 Å². The van der Waals surface area contributed by atoms with Gasteiger partial charge in [-0.3, -0.25) is 9.59 Å². The van der Waals surface area contributed by atoms with E-state index in [9.17, 15) is 9.59 Å². The Bertz CT molecular complexity index is 357. The highest BCUT2D eigenvalue weighted by Gasteiger charge is 2.35. The minimum atomic E-state index is -0.382. The molecule has 0 radical (unpaired) electrons. The smallest absolute Gasteiger partial charge is 0.245 e. The lowest BCUT2D eigenvalue weighted by Gasteiger charge is -2.29. The molecule has 0 spiro atoms. The van der Waals surface area contributed by atoms with Gasteiger partial charge in [-0.2, -0.15) is 0 Å². The zero-order valence-electron chi connectivity index (χ0n) is 12.0. The fourth-order valence-electron chi connectivity index (χ4n) is 2.78. The number of amides is 2. The van der Waals surface area contributed by atoms with E-state index in [2.05, 4.69) is 12.2 Å². The van der Waals surface area contributed by atoms with Gasteiger partial charge in [0.15, 0.2) is 0 Å². The zero-order valence-corrected chi connectivity index (χ0v) is 12.0. The van der Waals surface area contributed by atoms with E-state index in [1.54, 1.807) is 0 Å². The van der Waals surface area contributed by atoms with E-state index in [0.29, 0.717) is 25.4 Å². The van der Waals surface area contributed by atoms with Gasteiger partial charge in [0, 0.05) is 32.0 Å². The quantitative estimate of drug-likeness (QED) is 0.823. The molecule has 0 aliphatic carbocycles. The van der Waals surface area contributed by atoms with Crippen molar-refractivity contribution in [2.45, 2.75) is 45.8 Å². The Labute approximate surface area is 114 Å². The monoisotopic (exact) mass is 268 g/mol. The second kappa shape index (κ2) is 5.90. The summed E-state index contributed by atoms with van der Waals surface area (Å²) in [6, 6.07) is -0.382. The van der Waals surface area contributed by atoms with E-state index >= 15 is 0 Å². The molecule has 2 saturated heterocycles. The Morgan fingerprint density at radius 3 is 2.74 bits per heavy atom. The molecule has 2 fully saturated rings. The molecule has 0 aromatic rings. The highest BCUT2D eigenvalue weighted by Crippen LogP contribution is 2.23. The largest absolute Gasteiger partial charge is 0.378 e. The lowest BCUT2D eigenvalue weighted by molar-refractivity contribution is -0.135. The van der Waals surface area contributed by atoms with Crippen molar-refractivity contribution in [3.8, 4) is 0 Å². The van der Waals surface area contributed by atoms with Crippen LogP contribution >= 0.6 is 0 Å². The highest BCUT2D eigenvalue weighted by atomic mass is 16.5. The molecule has 0 saturated carbocycles. The molecule has 19 heavy (non-hydrogen) atoms. The molecule has 0 aromatic heterocycles. The molecule has 0 aromatic carbocycles. The number of rotatable bonds is 3. The van der Waals surface area contributed by atoms with Crippen LogP contribution < -0.4 is 5.32 Å². The SMILES string of the molecule is CC(C)C1NC(=O)CCN(CC2CCOC2C)C1=O. The van der Waals surface area contributed by atoms with Gasteiger partial charge in [-0.1, -0.05) is 13.8 Å². The van der Waals surface area contributed by atoms with Crippen molar-refractivity contribution in [2.24, 2.45) is 11.8 Å². The maximum Gasteiger partial charge on any atom is 0.245 e. The minimum Gasteiger partial charge on any atom is -0.378 e. The number of hydrogen-bond donors (Lipinski definition) is 1. The van der Waals surface area contributed by atoms with E-state index in [1.165, 1.54) is 0 Å². The summed E-state index contributed by atoms with van der Waals surface area (Å²) in [4.78, 5) is 26.0. The fraction of sp³-hybridized carbons (Fsp3) is 0.857. The number of hydrogen-bond acceptors (Lipinski definition) is 3. The van der Waals surface area contributed by atoms with Crippen molar-refractivity contribution in [3.05, 3.63) is 0 Å². The van der Waals surface area contributed by atoms with Gasteiger partial charge in [0.25, 0.3) is 0 Å². The topological polar surface area (TPSA) is 58.6 Å². The van der Waals surface area contributed by atoms with Gasteiger partial charge in [-0.15, -0.1) is 0 Å². The van der Waals surface area contributed by atoms with Crippen LogP contribution in [0.2, 0.25) is 0 Å². The molecule has 1 N–H and O–H groups in total. The summed E-state index contributed by atoms with van der Waals surface area (Å²) in [5, 5.41) is 2.83. The average Bonchev–Trinajstić information content (AvgIpc) is 2.69. The van der Waals surface area contributed by atoms with E-state index in [0.717, 1.165) is 13.0 Å². The molecule has 5 nitrogen and oxygen atoms in total. The first-order valence-electron chi connectivity index (χ1n) is 7.18. The normalized spacial score (nSPS) is 32.6. The Kier molecular flexibility index (Phi) is 4.45. The van der Waals surface area contributed by atoms with E-state index in [4.69, 9.17) is 4.74 Å². The lowest BCUT2D eigenvalue weighted by atomic mass is 10.00. The van der Waals surface area contributed by atoms with E-state index in [1.807, 2.05) is 18.7 Å². The minimum absolute atomic E-state index is 0.0229. The molecule has 2 aliphatic rings. The molecular weight excluding hydrogens is 244 g/mol. The summed E-state index contributed by atoms with van der Waals surface area (Å²) in [5.74, 6) is 0.546. The van der Waals surface area contributed by atoms with Gasteiger partial charge in [0.1, 0.15) is 6.04 Å². The highest BCUT2D eigenvalue weighted by molar-refractivity contribution is 5.90. The zero-order chi connectivity index (χ0) is 14.0. The second-order valence-corrected chi connectivity index (χ2v) is 5.95. The summed E-state index contributed by atoms with van der Waals surface area (Å²) >= 11 is 0. The molecule has 3 unspecified atom stereocenters. The Morgan fingerprint density at radius 1 is 1.42 bits per heavy atom. The predicted molar refractivity (Wildman–Crippen MR) is 71.5 cm³/mol. The van der Waals surface area contributed by atoms with E-state index < -0.39 is 0 Å². The molecule has 2 aliphatic heterocycles. The Morgan fingerprint density at radius 2 is 2.16 bits per heavy atom. The standard InChI is InChI=1S/C14H24N2O3/c1-9(2)13-14(18)16(6-4-12(17)15-13)8-11-5-7-19-10(11)3/h9-11,13H,4-8H2,1-3H3,(H,15,17). The molecule has 0 bridgehead atoms. The van der Waals surface area contributed by atoms with Crippen LogP contribution in [0.1, 0.15) is 33.6 Å². The summed E-state index contributed by atoms with van der Waals surface area (Å²) in [6.07, 6.45) is 1.60. The Balaban J connectivity index is 2.05. The summed E-state index contributed by atoms with van der Waals surface area (Å²) in [5.41, 5.74) is 0. The van der Waals surface area contributed by atoms with Crippen LogP contribution in [0.25, 0.3) is 0 Å². The van der Waals surface area contributed by atoms with Crippen molar-refractivity contribution in [3.63, 3.8) is 0 Å². The number of carbonyl (C=O) groups is 2. The van der Waals surface area contributed by atoms with Crippen molar-refractivity contribution in [1.82, 2.24) is 10.2 Å². The van der Waals surface area contributed by atoms with Crippen LogP contribution in [0.3, 0.4) is 0 Å². The number of nitrogens with one attached hydrogen (secondary N) is 1. The first-order valence-corrected chi connectivity index (χ1v) is 7.18. The third-order valence-electron chi connectivity index (χ3n) is 4.16. The summed E-state index contributed by atoms with van der Waals surface area (Å²) < 4.78 is 5.55. The second-order valence-electron chi connectivity index (χ2n) is 5.95. The van der Waals surface area contributed by atoms with Gasteiger partial charge in [0.05, 0.1) is 6.10 Å². The van der Waals surface area contributed by atoms with Crippen LogP contribution in [-0.4, -0.2) is 48.6 Å². The van der Waals surface area contributed by atoms with Crippen LogP contribution in [0, 0.1) is 11.8 Å². The third-order valence-corrected chi connectivity index (χ3v) is 4.16. The average molecular weight is 268 g/mol. The fourth-order valence-corrected chi connectivity index (χ4v) is 2.78. The number of nitrogens with zero attached hydrogens (tertiary/aromatic N) is 1. The predicted octanol–water partition coefficient (Wildman–Crippen LogP) is 0.785. The first kappa shape index (κ1) is 14.3. The van der Waals surface area contributed by atoms with Gasteiger partial charge in [-0.05, 0) is 19.3 Å². The molecule has 2 amide bonds. The number of ether oxygens (including phenoxy) is 1. The molecule has 3 atom stereocenters. The number of carbonyl (C=O) groups excluding carboxylic acids is 2. The van der Waals surface area contributed by atoms with Crippen molar-refractivity contribution < 1.29 is 14.3 Å². The Hall–Kier alpha value is -1.10. The van der Waals surface area contributed by atoms with Crippen LogP contribution in [0.5, 0.6) is 0 Å². The van der Waals surface area contributed by atoms with E-state index in [-0.39, 0.29) is 29.9 Å². The molecule has 5 heteroatoms. The van der Waals surface area contributed by atoms with Crippen LogP contribution in [0.4, 0.5) is 0 Å². The van der Waals surface area contributed by atoms with Gasteiger partial charge in [-0.25, -0.2) is 0 Å². The molecular formula is C14H24N2O3. The summed E-state index contributed by atoms with van der Waals surface area (Å²) in [6.45, 7) is 8.00. The molecule has 108 valence electrons. The first-order chi connectivity index (χ1) is 8.99. The van der Waals surface area contributed by atoms with Crippen molar-refractivity contribution in [2.75, 3.05) is 19.7 Å². The maximum atomic E-state index is 12.5. The maximum absolute atomic E-state index is 12.5. The molecule has 2 heterocycles. The van der Waals surface area contributed by atoms with Crippen LogP contribution in [-0.2, 0) is 14.3 Å². The lowest BCUT2D eigenvalue weighted by Crippen LogP contribution is -2.49. The van der Waals surface area contributed by atoms with Crippen molar-refractivity contribution >= 4 is 11.8 Å². The van der Waals surface area contributed by atoms with Gasteiger partial charge >= 0.3 is 0 Å². The van der Waals surface area contributed by atoms with Crippen LogP contribution in [0.15, 0.2) is 0 Å². The molecule has 2 rings (SSSR count). The summed E-state index contributed by atoms with van der Waals surface area (Å²) in [7, 11) is 0.